The van der Waals surface area contributed by atoms with Crippen molar-refractivity contribution in [2.24, 2.45) is 0 Å². The van der Waals surface area contributed by atoms with Crippen LogP contribution in [0.3, 0.4) is 0 Å². The highest BCUT2D eigenvalue weighted by Crippen LogP contribution is 2.35. The highest BCUT2D eigenvalue weighted by molar-refractivity contribution is 7.89. The highest BCUT2D eigenvalue weighted by atomic mass is 32.2. The summed E-state index contributed by atoms with van der Waals surface area (Å²) in [6.45, 7) is 3.95. The molecule has 0 bridgehead atoms. The minimum atomic E-state index is -4.53. The SMILES string of the molecule is CC(CN1CCN(S(=O)(=O)c2ccc3[nH]c(=O)[nH]c3c2)CC1)Nc1ncnc2c(C(F)(F)F)cccc12. The van der Waals surface area contributed by atoms with Gasteiger partial charge in [-0.1, -0.05) is 6.07 Å². The van der Waals surface area contributed by atoms with Crippen LogP contribution in [-0.4, -0.2) is 76.3 Å². The third-order valence-electron chi connectivity index (χ3n) is 6.34. The summed E-state index contributed by atoms with van der Waals surface area (Å²) in [7, 11) is -3.74. The molecule has 1 fully saturated rings. The fraction of sp³-hybridized carbons (Fsp3) is 0.348. The van der Waals surface area contributed by atoms with E-state index in [1.54, 1.807) is 12.1 Å². The number of rotatable bonds is 6. The Balaban J connectivity index is 1.23. The van der Waals surface area contributed by atoms with Crippen molar-refractivity contribution in [3.05, 3.63) is 58.8 Å². The first-order chi connectivity index (χ1) is 17.5. The number of aromatic amines is 2. The van der Waals surface area contributed by atoms with E-state index in [9.17, 15) is 26.4 Å². The first-order valence-corrected chi connectivity index (χ1v) is 13.0. The maximum Gasteiger partial charge on any atom is 0.418 e. The van der Waals surface area contributed by atoms with Crippen LogP contribution < -0.4 is 11.0 Å². The number of benzene rings is 2. The number of imidazole rings is 1. The lowest BCUT2D eigenvalue weighted by Crippen LogP contribution is -2.50. The van der Waals surface area contributed by atoms with Crippen LogP contribution in [0.25, 0.3) is 21.9 Å². The Morgan fingerprint density at radius 2 is 1.78 bits per heavy atom. The van der Waals surface area contributed by atoms with Crippen molar-refractivity contribution in [1.29, 1.82) is 0 Å². The van der Waals surface area contributed by atoms with E-state index in [0.29, 0.717) is 36.5 Å². The predicted molar refractivity (Wildman–Crippen MR) is 132 cm³/mol. The highest BCUT2D eigenvalue weighted by Gasteiger charge is 2.34. The molecule has 5 rings (SSSR count). The van der Waals surface area contributed by atoms with E-state index in [4.69, 9.17) is 0 Å². The number of sulfonamides is 1. The number of hydrogen-bond acceptors (Lipinski definition) is 7. The van der Waals surface area contributed by atoms with Crippen LogP contribution in [0.15, 0.2) is 52.4 Å². The molecular formula is C23H24F3N7O3S. The average molecular weight is 536 g/mol. The molecule has 1 aliphatic heterocycles. The number of hydrogen-bond donors (Lipinski definition) is 3. The molecule has 2 aromatic carbocycles. The van der Waals surface area contributed by atoms with Crippen molar-refractivity contribution in [2.75, 3.05) is 38.0 Å². The zero-order valence-electron chi connectivity index (χ0n) is 19.7. The van der Waals surface area contributed by atoms with E-state index in [0.717, 1.165) is 12.4 Å². The third kappa shape index (κ3) is 5.04. The fourth-order valence-corrected chi connectivity index (χ4v) is 6.02. The molecule has 0 radical (unpaired) electrons. The van der Waals surface area contributed by atoms with E-state index in [-0.39, 0.29) is 34.9 Å². The molecule has 0 spiro atoms. The number of nitrogens with zero attached hydrogens (tertiary/aromatic N) is 4. The van der Waals surface area contributed by atoms with Crippen LogP contribution >= 0.6 is 0 Å². The quantitative estimate of drug-likeness (QED) is 0.346. The summed E-state index contributed by atoms with van der Waals surface area (Å²) in [6.07, 6.45) is -3.42. The van der Waals surface area contributed by atoms with Crippen molar-refractivity contribution >= 4 is 37.8 Å². The van der Waals surface area contributed by atoms with Crippen molar-refractivity contribution in [3.63, 3.8) is 0 Å². The average Bonchev–Trinajstić information content (AvgIpc) is 3.23. The molecule has 2 aromatic heterocycles. The van der Waals surface area contributed by atoms with Gasteiger partial charge < -0.3 is 15.3 Å². The maximum atomic E-state index is 13.4. The van der Waals surface area contributed by atoms with Gasteiger partial charge in [0.25, 0.3) is 0 Å². The van der Waals surface area contributed by atoms with E-state index in [1.165, 1.54) is 22.5 Å². The number of fused-ring (bicyclic) bond motifs is 2. The van der Waals surface area contributed by atoms with Crippen LogP contribution in [-0.2, 0) is 16.2 Å². The number of aromatic nitrogens is 4. The Bertz CT molecular complexity index is 1610. The van der Waals surface area contributed by atoms with E-state index in [1.807, 2.05) is 6.92 Å². The molecule has 1 unspecified atom stereocenters. The summed E-state index contributed by atoms with van der Waals surface area (Å²) >= 11 is 0. The molecule has 1 saturated heterocycles. The molecule has 0 saturated carbocycles. The van der Waals surface area contributed by atoms with Gasteiger partial charge in [-0.05, 0) is 37.3 Å². The van der Waals surface area contributed by atoms with Gasteiger partial charge in [-0.2, -0.15) is 17.5 Å². The van der Waals surface area contributed by atoms with Crippen molar-refractivity contribution < 1.29 is 21.6 Å². The Labute approximate surface area is 209 Å². The van der Waals surface area contributed by atoms with Crippen molar-refractivity contribution in [3.8, 4) is 0 Å². The van der Waals surface area contributed by atoms with E-state index in [2.05, 4.69) is 30.2 Å². The monoisotopic (exact) mass is 535 g/mol. The van der Waals surface area contributed by atoms with Crippen LogP contribution in [0.2, 0.25) is 0 Å². The second-order valence-electron chi connectivity index (χ2n) is 8.96. The number of halogens is 3. The van der Waals surface area contributed by atoms with Crippen molar-refractivity contribution in [2.45, 2.75) is 24.0 Å². The third-order valence-corrected chi connectivity index (χ3v) is 8.24. The Morgan fingerprint density at radius 1 is 1.05 bits per heavy atom. The minimum absolute atomic E-state index is 0.104. The summed E-state index contributed by atoms with van der Waals surface area (Å²) in [4.78, 5) is 26.8. The predicted octanol–water partition coefficient (Wildman–Crippen LogP) is 2.63. The summed E-state index contributed by atoms with van der Waals surface area (Å²) in [5.74, 6) is 0.308. The first kappa shape index (κ1) is 25.2. The zero-order valence-corrected chi connectivity index (χ0v) is 20.5. The molecule has 37 heavy (non-hydrogen) atoms. The zero-order chi connectivity index (χ0) is 26.4. The van der Waals surface area contributed by atoms with E-state index >= 15 is 0 Å². The topological polar surface area (TPSA) is 127 Å². The Kier molecular flexibility index (Phi) is 6.41. The smallest absolute Gasteiger partial charge is 0.366 e. The molecule has 1 aliphatic rings. The lowest BCUT2D eigenvalue weighted by atomic mass is 10.1. The normalized spacial score (nSPS) is 16.9. The van der Waals surface area contributed by atoms with Crippen molar-refractivity contribution in [1.82, 2.24) is 29.1 Å². The van der Waals surface area contributed by atoms with Gasteiger partial charge in [0.05, 0.1) is 27.0 Å². The molecular weight excluding hydrogens is 511 g/mol. The second-order valence-corrected chi connectivity index (χ2v) is 10.9. The van der Waals surface area contributed by atoms with Gasteiger partial charge in [0.1, 0.15) is 12.1 Å². The Hall–Kier alpha value is -3.49. The molecule has 196 valence electrons. The number of H-pyrrole nitrogens is 2. The largest absolute Gasteiger partial charge is 0.418 e. The second kappa shape index (κ2) is 9.43. The molecule has 14 heteroatoms. The number of piperazine rings is 1. The molecule has 1 atom stereocenters. The summed E-state index contributed by atoms with van der Waals surface area (Å²) in [5, 5.41) is 3.45. The van der Waals surface area contributed by atoms with Gasteiger partial charge in [-0.15, -0.1) is 0 Å². The van der Waals surface area contributed by atoms with Gasteiger partial charge in [0, 0.05) is 44.2 Å². The van der Waals surface area contributed by atoms with Gasteiger partial charge in [-0.3, -0.25) is 4.90 Å². The lowest BCUT2D eigenvalue weighted by Gasteiger charge is -2.35. The summed E-state index contributed by atoms with van der Waals surface area (Å²) < 4.78 is 67.8. The van der Waals surface area contributed by atoms with Crippen LogP contribution in [0.1, 0.15) is 12.5 Å². The van der Waals surface area contributed by atoms with E-state index < -0.39 is 27.5 Å². The molecule has 3 heterocycles. The first-order valence-electron chi connectivity index (χ1n) is 11.5. The number of para-hydroxylation sites is 1. The van der Waals surface area contributed by atoms with Crippen LogP contribution in [0, 0.1) is 0 Å². The Morgan fingerprint density at radius 3 is 2.51 bits per heavy atom. The number of nitrogens with one attached hydrogen (secondary N) is 3. The summed E-state index contributed by atoms with van der Waals surface area (Å²) in [5.41, 5.74) is -0.440. The number of alkyl halides is 3. The van der Waals surface area contributed by atoms with Gasteiger partial charge >= 0.3 is 11.9 Å². The maximum absolute atomic E-state index is 13.4. The van der Waals surface area contributed by atoms with Gasteiger partial charge in [0.2, 0.25) is 10.0 Å². The molecule has 10 nitrogen and oxygen atoms in total. The van der Waals surface area contributed by atoms with Crippen LogP contribution in [0.5, 0.6) is 0 Å². The summed E-state index contributed by atoms with van der Waals surface area (Å²) in [6, 6.07) is 8.15. The molecule has 3 N–H and O–H groups in total. The standard InChI is InChI=1S/C23H24F3N7O3S/c1-14(29-21-16-3-2-4-17(23(24,25)26)20(16)27-13-28-21)12-32-7-9-33(10-8-32)37(35,36)15-5-6-18-19(11-15)31-22(34)30-18/h2-6,11,13-14H,7-10,12H2,1H3,(H,27,28,29)(H2,30,31,34). The molecule has 4 aromatic rings. The van der Waals surface area contributed by atoms with Gasteiger partial charge in [0.15, 0.2) is 0 Å². The van der Waals surface area contributed by atoms with Gasteiger partial charge in [-0.25, -0.2) is 23.2 Å². The number of anilines is 1. The van der Waals surface area contributed by atoms with Crippen LogP contribution in [0.4, 0.5) is 19.0 Å². The minimum Gasteiger partial charge on any atom is -0.366 e. The lowest BCUT2D eigenvalue weighted by molar-refractivity contribution is -0.136. The molecule has 0 aliphatic carbocycles. The fourth-order valence-electron chi connectivity index (χ4n) is 4.57. The molecule has 0 amide bonds.